The monoisotopic (exact) mass is 267 g/mol. The Morgan fingerprint density at radius 3 is 3.21 bits per heavy atom. The number of carbonyl (C=O) groups excluding carboxylic acids is 1. The second kappa shape index (κ2) is 6.68. The smallest absolute Gasteiger partial charge is 0.239 e. The number of aliphatic hydroxyl groups is 1. The van der Waals surface area contributed by atoms with Gasteiger partial charge in [0.15, 0.2) is 5.82 Å². The first kappa shape index (κ1) is 14.0. The number of aliphatic hydroxyl groups excluding tert-OH is 1. The van der Waals surface area contributed by atoms with E-state index in [4.69, 9.17) is 9.63 Å². The van der Waals surface area contributed by atoms with E-state index in [9.17, 15) is 4.79 Å². The molecule has 1 saturated heterocycles. The van der Waals surface area contributed by atoms with Crippen molar-refractivity contribution in [3.8, 4) is 0 Å². The Hall–Kier alpha value is -1.40. The van der Waals surface area contributed by atoms with E-state index in [1.807, 2.05) is 0 Å². The molecule has 1 atom stereocenters. The molecule has 1 fully saturated rings. The number of hydrogen-bond acceptors (Lipinski definition) is 5. The third kappa shape index (κ3) is 4.33. The number of nitrogens with zero attached hydrogens (tertiary/aromatic N) is 2. The maximum Gasteiger partial charge on any atom is 0.239 e. The number of carbonyl (C=O) groups is 1. The van der Waals surface area contributed by atoms with Crippen LogP contribution in [0.15, 0.2) is 10.6 Å². The highest BCUT2D eigenvalue weighted by atomic mass is 16.5. The van der Waals surface area contributed by atoms with Gasteiger partial charge >= 0.3 is 0 Å². The van der Waals surface area contributed by atoms with Crippen LogP contribution in [0.1, 0.15) is 25.0 Å². The van der Waals surface area contributed by atoms with Crippen LogP contribution in [0.25, 0.3) is 0 Å². The summed E-state index contributed by atoms with van der Waals surface area (Å²) in [7, 11) is 0. The molecule has 0 aromatic carbocycles. The minimum atomic E-state index is -0.0713. The SMILES string of the molecule is Cc1cc(NC(=O)CN2CCCC(CCO)C2)no1. The van der Waals surface area contributed by atoms with Crippen molar-refractivity contribution in [1.82, 2.24) is 10.1 Å². The Kier molecular flexibility index (Phi) is 4.93. The van der Waals surface area contributed by atoms with E-state index in [0.717, 1.165) is 32.4 Å². The topological polar surface area (TPSA) is 78.6 Å². The molecule has 0 aliphatic carbocycles. The molecule has 6 heteroatoms. The van der Waals surface area contributed by atoms with Gasteiger partial charge in [0.1, 0.15) is 5.76 Å². The zero-order valence-electron chi connectivity index (χ0n) is 11.3. The van der Waals surface area contributed by atoms with Crippen LogP contribution in [0, 0.1) is 12.8 Å². The predicted molar refractivity (Wildman–Crippen MR) is 70.7 cm³/mol. The summed E-state index contributed by atoms with van der Waals surface area (Å²) < 4.78 is 4.90. The lowest BCUT2D eigenvalue weighted by atomic mass is 9.95. The average Bonchev–Trinajstić information content (AvgIpc) is 2.75. The van der Waals surface area contributed by atoms with Crippen molar-refractivity contribution in [3.05, 3.63) is 11.8 Å². The first-order valence-corrected chi connectivity index (χ1v) is 6.73. The van der Waals surface area contributed by atoms with Crippen LogP contribution >= 0.6 is 0 Å². The lowest BCUT2D eigenvalue weighted by Crippen LogP contribution is -2.40. The molecule has 1 aromatic heterocycles. The van der Waals surface area contributed by atoms with Gasteiger partial charge in [-0.2, -0.15) is 0 Å². The summed E-state index contributed by atoms with van der Waals surface area (Å²) in [6.45, 7) is 4.20. The fraction of sp³-hybridized carbons (Fsp3) is 0.692. The fourth-order valence-corrected chi connectivity index (χ4v) is 2.52. The van der Waals surface area contributed by atoms with Crippen molar-refractivity contribution < 1.29 is 14.4 Å². The molecule has 1 aliphatic heterocycles. The molecular weight excluding hydrogens is 246 g/mol. The fourth-order valence-electron chi connectivity index (χ4n) is 2.52. The zero-order valence-corrected chi connectivity index (χ0v) is 11.3. The first-order valence-electron chi connectivity index (χ1n) is 6.73. The summed E-state index contributed by atoms with van der Waals surface area (Å²) in [6, 6.07) is 1.70. The van der Waals surface area contributed by atoms with Crippen molar-refractivity contribution in [1.29, 1.82) is 0 Å². The number of nitrogens with one attached hydrogen (secondary N) is 1. The Morgan fingerprint density at radius 2 is 2.53 bits per heavy atom. The van der Waals surface area contributed by atoms with Crippen LogP contribution in [0.4, 0.5) is 5.82 Å². The molecule has 106 valence electrons. The van der Waals surface area contributed by atoms with Gasteiger partial charge in [-0.05, 0) is 38.6 Å². The molecule has 1 aromatic rings. The minimum Gasteiger partial charge on any atom is -0.396 e. The molecule has 1 unspecified atom stereocenters. The van der Waals surface area contributed by atoms with Crippen molar-refractivity contribution >= 4 is 11.7 Å². The summed E-state index contributed by atoms with van der Waals surface area (Å²) in [5.41, 5.74) is 0. The second-order valence-electron chi connectivity index (χ2n) is 5.13. The number of piperidine rings is 1. The Bertz CT molecular complexity index is 417. The van der Waals surface area contributed by atoms with Gasteiger partial charge in [0, 0.05) is 19.2 Å². The number of aryl methyl sites for hydroxylation is 1. The van der Waals surface area contributed by atoms with Gasteiger partial charge in [-0.3, -0.25) is 9.69 Å². The second-order valence-corrected chi connectivity index (χ2v) is 5.13. The minimum absolute atomic E-state index is 0.0713. The maximum absolute atomic E-state index is 11.9. The standard InChI is InChI=1S/C13H21N3O3/c1-10-7-12(15-19-10)14-13(18)9-16-5-2-3-11(8-16)4-6-17/h7,11,17H,2-6,8-9H2,1H3,(H,14,15,18). The number of aromatic nitrogens is 1. The Morgan fingerprint density at radius 1 is 1.68 bits per heavy atom. The van der Waals surface area contributed by atoms with Gasteiger partial charge in [0.05, 0.1) is 6.54 Å². The largest absolute Gasteiger partial charge is 0.396 e. The number of likely N-dealkylation sites (tertiary alicyclic amines) is 1. The van der Waals surface area contributed by atoms with Gasteiger partial charge in [0.25, 0.3) is 0 Å². The predicted octanol–water partition coefficient (Wildman–Crippen LogP) is 1.02. The molecule has 0 spiro atoms. The van der Waals surface area contributed by atoms with Crippen molar-refractivity contribution in [3.63, 3.8) is 0 Å². The summed E-state index contributed by atoms with van der Waals surface area (Å²) in [5, 5.41) is 15.4. The van der Waals surface area contributed by atoms with Crippen LogP contribution in [0.2, 0.25) is 0 Å². The third-order valence-electron chi connectivity index (χ3n) is 3.40. The first-order chi connectivity index (χ1) is 9.17. The van der Waals surface area contributed by atoms with Gasteiger partial charge in [-0.15, -0.1) is 0 Å². The molecule has 2 rings (SSSR count). The molecule has 0 bridgehead atoms. The van der Waals surface area contributed by atoms with E-state index in [-0.39, 0.29) is 12.5 Å². The summed E-state index contributed by atoms with van der Waals surface area (Å²) >= 11 is 0. The molecule has 2 N–H and O–H groups in total. The van der Waals surface area contributed by atoms with Crippen molar-refractivity contribution in [2.75, 3.05) is 31.6 Å². The molecular formula is C13H21N3O3. The van der Waals surface area contributed by atoms with E-state index in [1.54, 1.807) is 13.0 Å². The molecule has 0 saturated carbocycles. The van der Waals surface area contributed by atoms with Crippen molar-refractivity contribution in [2.24, 2.45) is 5.92 Å². The third-order valence-corrected chi connectivity index (χ3v) is 3.40. The van der Waals surface area contributed by atoms with Gasteiger partial charge < -0.3 is 14.9 Å². The van der Waals surface area contributed by atoms with E-state index in [1.165, 1.54) is 0 Å². The molecule has 2 heterocycles. The number of anilines is 1. The molecule has 6 nitrogen and oxygen atoms in total. The van der Waals surface area contributed by atoms with Gasteiger partial charge in [-0.1, -0.05) is 5.16 Å². The van der Waals surface area contributed by atoms with Crippen LogP contribution in [0.5, 0.6) is 0 Å². The normalized spacial score (nSPS) is 20.4. The highest BCUT2D eigenvalue weighted by Crippen LogP contribution is 2.19. The van der Waals surface area contributed by atoms with Crippen LogP contribution in [-0.2, 0) is 4.79 Å². The highest BCUT2D eigenvalue weighted by molar-refractivity contribution is 5.91. The lowest BCUT2D eigenvalue weighted by Gasteiger charge is -2.31. The van der Waals surface area contributed by atoms with Crippen LogP contribution in [0.3, 0.4) is 0 Å². The van der Waals surface area contributed by atoms with Crippen LogP contribution < -0.4 is 5.32 Å². The van der Waals surface area contributed by atoms with E-state index < -0.39 is 0 Å². The van der Waals surface area contributed by atoms with Crippen molar-refractivity contribution in [2.45, 2.75) is 26.2 Å². The Labute approximate surface area is 112 Å². The highest BCUT2D eigenvalue weighted by Gasteiger charge is 2.21. The molecule has 1 amide bonds. The zero-order chi connectivity index (χ0) is 13.7. The molecule has 19 heavy (non-hydrogen) atoms. The summed E-state index contributed by atoms with van der Waals surface area (Å²) in [4.78, 5) is 14.0. The Balaban J connectivity index is 1.78. The summed E-state index contributed by atoms with van der Waals surface area (Å²) in [5.74, 6) is 1.57. The number of rotatable bonds is 5. The summed E-state index contributed by atoms with van der Waals surface area (Å²) in [6.07, 6.45) is 3.04. The number of amides is 1. The van der Waals surface area contributed by atoms with E-state index >= 15 is 0 Å². The lowest BCUT2D eigenvalue weighted by molar-refractivity contribution is -0.117. The van der Waals surface area contributed by atoms with Gasteiger partial charge in [0.2, 0.25) is 5.91 Å². The molecule has 1 aliphatic rings. The average molecular weight is 267 g/mol. The van der Waals surface area contributed by atoms with Gasteiger partial charge in [-0.25, -0.2) is 0 Å². The van der Waals surface area contributed by atoms with Crippen LogP contribution in [-0.4, -0.2) is 47.3 Å². The van der Waals surface area contributed by atoms with E-state index in [0.29, 0.717) is 24.0 Å². The molecule has 0 radical (unpaired) electrons. The maximum atomic E-state index is 11.9. The number of hydrogen-bond donors (Lipinski definition) is 2. The quantitative estimate of drug-likeness (QED) is 0.832. The van der Waals surface area contributed by atoms with E-state index in [2.05, 4.69) is 15.4 Å².